The minimum absolute atomic E-state index is 0.647. The molecule has 0 N–H and O–H groups in total. The molecule has 1 aliphatic heterocycles. The maximum Gasteiger partial charge on any atom is 0.148 e. The fourth-order valence-corrected chi connectivity index (χ4v) is 1.11. The fourth-order valence-electron chi connectivity index (χ4n) is 1.11. The van der Waals surface area contributed by atoms with E-state index >= 15 is 0 Å². The molecular weight excluding hydrogens is 130 g/mol. The zero-order valence-corrected chi connectivity index (χ0v) is 6.09. The Balaban J connectivity index is 2.59. The first-order valence-electron chi connectivity index (χ1n) is 3.44. The van der Waals surface area contributed by atoms with Crippen LogP contribution in [-0.2, 0) is 9.63 Å². The van der Waals surface area contributed by atoms with Gasteiger partial charge in [0.15, 0.2) is 0 Å². The molecule has 3 nitrogen and oxygen atoms in total. The molecule has 1 saturated heterocycles. The Morgan fingerprint density at radius 1 is 1.60 bits per heavy atom. The van der Waals surface area contributed by atoms with Crippen molar-refractivity contribution in [3.63, 3.8) is 0 Å². The Kier molecular flexibility index (Phi) is 2.49. The highest BCUT2D eigenvalue weighted by atomic mass is 16.7. The number of hydroxylamine groups is 2. The predicted molar refractivity (Wildman–Crippen MR) is 36.8 cm³/mol. The first-order valence-corrected chi connectivity index (χ1v) is 3.44. The highest BCUT2D eigenvalue weighted by Crippen LogP contribution is 2.16. The monoisotopic (exact) mass is 141 g/mol. The van der Waals surface area contributed by atoms with E-state index in [1.807, 2.05) is 5.94 Å². The molecule has 0 aromatic heterocycles. The van der Waals surface area contributed by atoms with E-state index in [2.05, 4.69) is 0 Å². The highest BCUT2D eigenvalue weighted by Gasteiger charge is 2.14. The van der Waals surface area contributed by atoms with Crippen molar-refractivity contribution in [2.75, 3.05) is 13.7 Å². The van der Waals surface area contributed by atoms with E-state index < -0.39 is 0 Å². The van der Waals surface area contributed by atoms with E-state index in [0.29, 0.717) is 5.70 Å². The lowest BCUT2D eigenvalue weighted by Crippen LogP contribution is -2.27. The number of allylic oxidation sites excluding steroid dienone is 1. The Labute approximate surface area is 60.2 Å². The van der Waals surface area contributed by atoms with Crippen molar-refractivity contribution in [3.8, 4) is 0 Å². The van der Waals surface area contributed by atoms with E-state index in [1.54, 1.807) is 12.2 Å². The number of hydrogen-bond acceptors (Lipinski definition) is 3. The lowest BCUT2D eigenvalue weighted by atomic mass is 10.1. The molecule has 0 radical (unpaired) electrons. The number of piperidine rings is 1. The zero-order valence-electron chi connectivity index (χ0n) is 6.09. The SMILES string of the molecule is CON1CCCCC1=C=O. The van der Waals surface area contributed by atoms with Gasteiger partial charge in [0.2, 0.25) is 0 Å². The van der Waals surface area contributed by atoms with Crippen LogP contribution in [0.1, 0.15) is 19.3 Å². The van der Waals surface area contributed by atoms with Crippen LogP contribution in [0.25, 0.3) is 0 Å². The molecule has 0 aromatic carbocycles. The molecule has 0 atom stereocenters. The molecule has 0 unspecified atom stereocenters. The summed E-state index contributed by atoms with van der Waals surface area (Å²) in [5.74, 6) is 1.87. The molecule has 1 fully saturated rings. The molecule has 0 spiro atoms. The summed E-state index contributed by atoms with van der Waals surface area (Å²) in [6.07, 6.45) is 2.97. The summed E-state index contributed by atoms with van der Waals surface area (Å²) in [5, 5.41) is 1.61. The van der Waals surface area contributed by atoms with E-state index in [-0.39, 0.29) is 0 Å². The summed E-state index contributed by atoms with van der Waals surface area (Å²) in [6.45, 7) is 0.821. The smallest absolute Gasteiger partial charge is 0.148 e. The Hall–Kier alpha value is -0.790. The molecule has 56 valence electrons. The Bertz CT molecular complexity index is 161. The van der Waals surface area contributed by atoms with Gasteiger partial charge in [0.05, 0.1) is 7.11 Å². The molecule has 3 heteroatoms. The van der Waals surface area contributed by atoms with E-state index in [4.69, 9.17) is 4.84 Å². The average Bonchev–Trinajstić information content (AvgIpc) is 2.04. The molecule has 1 heterocycles. The number of rotatable bonds is 1. The maximum absolute atomic E-state index is 10.2. The molecular formula is C7H11NO2. The second-order valence-electron chi connectivity index (χ2n) is 2.29. The Morgan fingerprint density at radius 2 is 2.40 bits per heavy atom. The van der Waals surface area contributed by atoms with Crippen LogP contribution in [0.4, 0.5) is 0 Å². The van der Waals surface area contributed by atoms with Gasteiger partial charge in [0.25, 0.3) is 0 Å². The van der Waals surface area contributed by atoms with Crippen LogP contribution in [-0.4, -0.2) is 24.7 Å². The van der Waals surface area contributed by atoms with Crippen LogP contribution in [0.3, 0.4) is 0 Å². The molecule has 1 aliphatic rings. The van der Waals surface area contributed by atoms with Crippen molar-refractivity contribution >= 4 is 5.94 Å². The van der Waals surface area contributed by atoms with Gasteiger partial charge in [-0.1, -0.05) is 0 Å². The summed E-state index contributed by atoms with van der Waals surface area (Å²) in [7, 11) is 1.57. The van der Waals surface area contributed by atoms with Gasteiger partial charge in [-0.3, -0.25) is 4.84 Å². The standard InChI is InChI=1S/C7H11NO2/c1-10-8-5-3-2-4-7(8)6-9/h2-5H2,1H3. The third-order valence-electron chi connectivity index (χ3n) is 1.66. The first kappa shape index (κ1) is 7.32. The second kappa shape index (κ2) is 3.40. The average molecular weight is 141 g/mol. The summed E-state index contributed by atoms with van der Waals surface area (Å²) in [5.41, 5.74) is 0.647. The molecule has 0 saturated carbocycles. The van der Waals surface area contributed by atoms with Crippen molar-refractivity contribution in [3.05, 3.63) is 5.70 Å². The summed E-state index contributed by atoms with van der Waals surface area (Å²) in [6, 6.07) is 0. The van der Waals surface area contributed by atoms with Crippen molar-refractivity contribution in [1.29, 1.82) is 0 Å². The van der Waals surface area contributed by atoms with E-state index in [0.717, 1.165) is 25.8 Å². The van der Waals surface area contributed by atoms with Crippen molar-refractivity contribution in [1.82, 2.24) is 5.06 Å². The topological polar surface area (TPSA) is 29.5 Å². The molecule has 0 bridgehead atoms. The normalized spacial score (nSPS) is 18.9. The van der Waals surface area contributed by atoms with E-state index in [9.17, 15) is 4.79 Å². The summed E-state index contributed by atoms with van der Waals surface area (Å²) < 4.78 is 0. The maximum atomic E-state index is 10.2. The van der Waals surface area contributed by atoms with Gasteiger partial charge in [0, 0.05) is 13.0 Å². The van der Waals surface area contributed by atoms with Crippen molar-refractivity contribution in [2.45, 2.75) is 19.3 Å². The first-order chi connectivity index (χ1) is 4.88. The zero-order chi connectivity index (χ0) is 7.40. The third-order valence-corrected chi connectivity index (χ3v) is 1.66. The van der Waals surface area contributed by atoms with Crippen molar-refractivity contribution < 1.29 is 9.63 Å². The predicted octanol–water partition coefficient (Wildman–Crippen LogP) is 0.749. The van der Waals surface area contributed by atoms with Gasteiger partial charge in [-0.2, -0.15) is 0 Å². The number of hydrogen-bond donors (Lipinski definition) is 0. The van der Waals surface area contributed by atoms with Crippen LogP contribution in [0.5, 0.6) is 0 Å². The minimum atomic E-state index is 0.647. The van der Waals surface area contributed by atoms with Gasteiger partial charge >= 0.3 is 0 Å². The molecule has 0 aromatic rings. The molecule has 1 rings (SSSR count). The quantitative estimate of drug-likeness (QED) is 0.505. The fraction of sp³-hybridized carbons (Fsp3) is 0.714. The van der Waals surface area contributed by atoms with Crippen LogP contribution in [0.2, 0.25) is 0 Å². The van der Waals surface area contributed by atoms with Crippen LogP contribution < -0.4 is 0 Å². The van der Waals surface area contributed by atoms with Gasteiger partial charge < -0.3 is 0 Å². The number of carbonyl (C=O) groups excluding carboxylic acids is 1. The van der Waals surface area contributed by atoms with Crippen LogP contribution in [0.15, 0.2) is 5.70 Å². The molecule has 10 heavy (non-hydrogen) atoms. The largest absolute Gasteiger partial charge is 0.276 e. The lowest BCUT2D eigenvalue weighted by molar-refractivity contribution is -0.109. The van der Waals surface area contributed by atoms with Crippen LogP contribution in [0, 0.1) is 0 Å². The van der Waals surface area contributed by atoms with Gasteiger partial charge in [-0.15, -0.1) is 0 Å². The van der Waals surface area contributed by atoms with Crippen LogP contribution >= 0.6 is 0 Å². The summed E-state index contributed by atoms with van der Waals surface area (Å²) in [4.78, 5) is 15.2. The lowest BCUT2D eigenvalue weighted by Gasteiger charge is -2.25. The van der Waals surface area contributed by atoms with Gasteiger partial charge in [-0.25, -0.2) is 9.86 Å². The molecule has 0 amide bonds. The highest BCUT2D eigenvalue weighted by molar-refractivity contribution is 5.51. The van der Waals surface area contributed by atoms with E-state index in [1.165, 1.54) is 0 Å². The third kappa shape index (κ3) is 1.38. The Morgan fingerprint density at radius 3 is 2.90 bits per heavy atom. The summed E-state index contributed by atoms with van der Waals surface area (Å²) >= 11 is 0. The second-order valence-corrected chi connectivity index (χ2v) is 2.29. The van der Waals surface area contributed by atoms with Gasteiger partial charge in [-0.05, 0) is 12.8 Å². The number of nitrogens with zero attached hydrogens (tertiary/aromatic N) is 1. The minimum Gasteiger partial charge on any atom is -0.276 e. The molecule has 0 aliphatic carbocycles. The van der Waals surface area contributed by atoms with Crippen molar-refractivity contribution in [2.24, 2.45) is 0 Å². The van der Waals surface area contributed by atoms with Gasteiger partial charge in [0.1, 0.15) is 11.6 Å².